The number of nitrogens with one attached hydrogen (secondary N) is 2. The lowest BCUT2D eigenvalue weighted by Crippen LogP contribution is -2.10. The van der Waals surface area contributed by atoms with Crippen molar-refractivity contribution in [3.05, 3.63) is 36.2 Å². The van der Waals surface area contributed by atoms with Gasteiger partial charge < -0.3 is 10.7 Å². The minimum absolute atomic E-state index is 0.270. The molecule has 0 amide bonds. The molecule has 7 nitrogen and oxygen atoms in total. The van der Waals surface area contributed by atoms with Gasteiger partial charge in [-0.05, 0) is 31.2 Å². The zero-order chi connectivity index (χ0) is 14.8. The van der Waals surface area contributed by atoms with Gasteiger partial charge in [0, 0.05) is 18.0 Å². The monoisotopic (exact) mass is 293 g/mol. The number of aromatic nitrogens is 2. The highest BCUT2D eigenvalue weighted by Crippen LogP contribution is 2.19. The van der Waals surface area contributed by atoms with E-state index in [1.165, 1.54) is 18.4 Å². The molecule has 0 radical (unpaired) electrons. The topological polar surface area (TPSA) is 110 Å². The predicted molar refractivity (Wildman–Crippen MR) is 77.4 cm³/mol. The number of nitrogens with zero attached hydrogens (tertiary/aromatic N) is 2. The first-order valence-electron chi connectivity index (χ1n) is 5.78. The van der Waals surface area contributed by atoms with E-state index in [1.54, 1.807) is 25.1 Å². The van der Waals surface area contributed by atoms with Crippen LogP contribution in [0.1, 0.15) is 5.82 Å². The lowest BCUT2D eigenvalue weighted by atomic mass is 10.3. The van der Waals surface area contributed by atoms with Crippen LogP contribution in [0.25, 0.3) is 0 Å². The van der Waals surface area contributed by atoms with Crippen molar-refractivity contribution in [2.75, 3.05) is 17.0 Å². The van der Waals surface area contributed by atoms with Crippen molar-refractivity contribution in [1.29, 1.82) is 0 Å². The predicted octanol–water partition coefficient (Wildman–Crippen LogP) is 1.22. The summed E-state index contributed by atoms with van der Waals surface area (Å²) in [6.07, 6.45) is 1.17. The first-order chi connectivity index (χ1) is 9.38. The Labute approximate surface area is 117 Å². The van der Waals surface area contributed by atoms with E-state index in [-0.39, 0.29) is 4.90 Å². The number of anilines is 3. The normalized spacial score (nSPS) is 11.2. The lowest BCUT2D eigenvalue weighted by molar-refractivity contribution is 0.602. The second-order valence-electron chi connectivity index (χ2n) is 4.25. The Morgan fingerprint density at radius 2 is 1.70 bits per heavy atom. The maximum atomic E-state index is 11.4. The lowest BCUT2D eigenvalue weighted by Gasteiger charge is -2.08. The molecule has 0 saturated heterocycles. The molecule has 4 N–H and O–H groups in total. The molecule has 0 bridgehead atoms. The van der Waals surface area contributed by atoms with Gasteiger partial charge in [-0.2, -0.15) is 0 Å². The summed E-state index contributed by atoms with van der Waals surface area (Å²) < 4.78 is 22.7. The molecule has 0 aliphatic heterocycles. The number of hydrazine groups is 1. The van der Waals surface area contributed by atoms with Crippen molar-refractivity contribution in [2.45, 2.75) is 11.8 Å². The van der Waals surface area contributed by atoms with Crippen LogP contribution in [0.5, 0.6) is 0 Å². The van der Waals surface area contributed by atoms with Gasteiger partial charge in [0.05, 0.1) is 4.90 Å². The van der Waals surface area contributed by atoms with Gasteiger partial charge in [-0.15, -0.1) is 0 Å². The van der Waals surface area contributed by atoms with E-state index >= 15 is 0 Å². The van der Waals surface area contributed by atoms with Crippen LogP contribution >= 0.6 is 0 Å². The Kier molecular flexibility index (Phi) is 3.86. The average molecular weight is 293 g/mol. The van der Waals surface area contributed by atoms with Crippen molar-refractivity contribution in [3.63, 3.8) is 0 Å². The van der Waals surface area contributed by atoms with Crippen molar-refractivity contribution >= 4 is 27.2 Å². The number of nitrogen functional groups attached to an aromatic ring is 1. The van der Waals surface area contributed by atoms with E-state index in [0.717, 1.165) is 5.69 Å². The van der Waals surface area contributed by atoms with E-state index in [2.05, 4.69) is 20.7 Å². The fourth-order valence-electron chi connectivity index (χ4n) is 1.64. The van der Waals surface area contributed by atoms with Crippen molar-refractivity contribution in [1.82, 2.24) is 9.97 Å². The number of aryl methyl sites for hydroxylation is 1. The third-order valence-corrected chi connectivity index (χ3v) is 3.67. The molecular formula is C12H15N5O2S. The Balaban J connectivity index is 2.24. The van der Waals surface area contributed by atoms with E-state index < -0.39 is 9.84 Å². The Morgan fingerprint density at radius 1 is 1.10 bits per heavy atom. The third-order valence-electron chi connectivity index (χ3n) is 2.54. The van der Waals surface area contributed by atoms with Gasteiger partial charge in [-0.1, -0.05) is 0 Å². The number of sulfone groups is 1. The minimum atomic E-state index is -3.19. The molecule has 8 heteroatoms. The maximum absolute atomic E-state index is 11.4. The number of benzene rings is 1. The molecule has 0 saturated carbocycles. The second kappa shape index (κ2) is 5.43. The summed E-state index contributed by atoms with van der Waals surface area (Å²) in [5.41, 5.74) is 3.17. The first-order valence-corrected chi connectivity index (χ1v) is 7.67. The summed E-state index contributed by atoms with van der Waals surface area (Å²) in [6.45, 7) is 1.75. The largest absolute Gasteiger partial charge is 0.340 e. The van der Waals surface area contributed by atoms with Crippen LogP contribution in [-0.2, 0) is 9.84 Å². The van der Waals surface area contributed by atoms with Crippen molar-refractivity contribution in [3.8, 4) is 0 Å². The molecule has 106 valence electrons. The first kappa shape index (κ1) is 14.2. The quantitative estimate of drug-likeness (QED) is 0.574. The van der Waals surface area contributed by atoms with E-state index in [1.807, 2.05) is 0 Å². The highest BCUT2D eigenvalue weighted by Gasteiger charge is 2.07. The van der Waals surface area contributed by atoms with Crippen molar-refractivity contribution in [2.24, 2.45) is 5.84 Å². The summed E-state index contributed by atoms with van der Waals surface area (Å²) in [5.74, 6) is 6.94. The molecule has 0 unspecified atom stereocenters. The SMILES string of the molecule is Cc1nc(NN)cc(Nc2ccc(S(C)(=O)=O)cc2)n1. The van der Waals surface area contributed by atoms with E-state index in [9.17, 15) is 8.42 Å². The summed E-state index contributed by atoms with van der Waals surface area (Å²) in [7, 11) is -3.19. The third kappa shape index (κ3) is 3.43. The van der Waals surface area contributed by atoms with Gasteiger partial charge in [0.2, 0.25) is 0 Å². The van der Waals surface area contributed by atoms with Crippen LogP contribution in [-0.4, -0.2) is 24.6 Å². The summed E-state index contributed by atoms with van der Waals surface area (Å²) in [4.78, 5) is 8.56. The zero-order valence-electron chi connectivity index (χ0n) is 11.1. The second-order valence-corrected chi connectivity index (χ2v) is 6.27. The van der Waals surface area contributed by atoms with Crippen LogP contribution in [0.4, 0.5) is 17.3 Å². The summed E-state index contributed by atoms with van der Waals surface area (Å²) in [6, 6.07) is 8.06. The van der Waals surface area contributed by atoms with Gasteiger partial charge in [0.15, 0.2) is 9.84 Å². The van der Waals surface area contributed by atoms with E-state index in [0.29, 0.717) is 17.5 Å². The molecule has 2 aromatic rings. The molecule has 0 aliphatic rings. The molecule has 0 fully saturated rings. The smallest absolute Gasteiger partial charge is 0.175 e. The van der Waals surface area contributed by atoms with E-state index in [4.69, 9.17) is 5.84 Å². The molecule has 20 heavy (non-hydrogen) atoms. The van der Waals surface area contributed by atoms with Crippen LogP contribution in [0.15, 0.2) is 35.2 Å². The van der Waals surface area contributed by atoms with Gasteiger partial charge in [-0.3, -0.25) is 0 Å². The van der Waals surface area contributed by atoms with Crippen LogP contribution in [0, 0.1) is 6.92 Å². The number of hydrogen-bond donors (Lipinski definition) is 3. The highest BCUT2D eigenvalue weighted by molar-refractivity contribution is 7.90. The standard InChI is InChI=1S/C12H15N5O2S/c1-8-14-11(7-12(15-8)17-13)16-9-3-5-10(6-4-9)20(2,18)19/h3-7H,13H2,1-2H3,(H2,14,15,16,17). The Morgan fingerprint density at radius 3 is 2.25 bits per heavy atom. The van der Waals surface area contributed by atoms with Gasteiger partial charge in [0.1, 0.15) is 17.5 Å². The summed E-state index contributed by atoms with van der Waals surface area (Å²) in [5, 5.41) is 3.06. The molecule has 0 atom stereocenters. The molecular weight excluding hydrogens is 278 g/mol. The number of rotatable bonds is 4. The fourth-order valence-corrected chi connectivity index (χ4v) is 2.27. The van der Waals surface area contributed by atoms with Gasteiger partial charge >= 0.3 is 0 Å². The molecule has 0 aliphatic carbocycles. The molecule has 1 aromatic carbocycles. The fraction of sp³-hybridized carbons (Fsp3) is 0.167. The van der Waals surface area contributed by atoms with Gasteiger partial charge in [-0.25, -0.2) is 24.2 Å². The van der Waals surface area contributed by atoms with Crippen LogP contribution in [0.3, 0.4) is 0 Å². The molecule has 0 spiro atoms. The van der Waals surface area contributed by atoms with Crippen LogP contribution in [0.2, 0.25) is 0 Å². The number of nitrogens with two attached hydrogens (primary N) is 1. The average Bonchev–Trinajstić information content (AvgIpc) is 2.37. The van der Waals surface area contributed by atoms with Gasteiger partial charge in [0.25, 0.3) is 0 Å². The Bertz CT molecular complexity index is 713. The molecule has 1 heterocycles. The zero-order valence-corrected chi connectivity index (χ0v) is 11.9. The highest BCUT2D eigenvalue weighted by atomic mass is 32.2. The molecule has 1 aromatic heterocycles. The Hall–Kier alpha value is -2.19. The minimum Gasteiger partial charge on any atom is -0.340 e. The van der Waals surface area contributed by atoms with Crippen LogP contribution < -0.4 is 16.6 Å². The number of hydrogen-bond acceptors (Lipinski definition) is 7. The maximum Gasteiger partial charge on any atom is 0.175 e. The summed E-state index contributed by atoms with van der Waals surface area (Å²) >= 11 is 0. The molecule has 2 rings (SSSR count). The van der Waals surface area contributed by atoms with Crippen molar-refractivity contribution < 1.29 is 8.42 Å².